The third kappa shape index (κ3) is 3.19. The molecule has 1 aliphatic rings. The minimum Gasteiger partial charge on any atom is -0.337 e. The first kappa shape index (κ1) is 13.5. The van der Waals surface area contributed by atoms with Crippen molar-refractivity contribution >= 4 is 5.91 Å². The highest BCUT2D eigenvalue weighted by Gasteiger charge is 2.38. The van der Waals surface area contributed by atoms with Gasteiger partial charge < -0.3 is 15.1 Å². The van der Waals surface area contributed by atoms with Crippen molar-refractivity contribution in [3.63, 3.8) is 0 Å². The van der Waals surface area contributed by atoms with Gasteiger partial charge in [-0.1, -0.05) is 0 Å². The summed E-state index contributed by atoms with van der Waals surface area (Å²) in [6.45, 7) is 8.81. The Hall–Kier alpha value is -0.610. The number of rotatable bonds is 4. The molecule has 1 N–H and O–H groups in total. The van der Waals surface area contributed by atoms with Gasteiger partial charge in [0, 0.05) is 19.1 Å². The Labute approximate surface area is 99.0 Å². The molecule has 0 saturated carbocycles. The molecule has 1 heterocycles. The Kier molecular flexibility index (Phi) is 4.33. The van der Waals surface area contributed by atoms with Gasteiger partial charge in [-0.15, -0.1) is 0 Å². The van der Waals surface area contributed by atoms with Crippen LogP contribution in [-0.4, -0.2) is 61.0 Å². The average molecular weight is 227 g/mol. The first-order valence-corrected chi connectivity index (χ1v) is 6.05. The molecular formula is C12H25N3O. The Bertz CT molecular complexity index is 251. The van der Waals surface area contributed by atoms with Gasteiger partial charge in [0.05, 0.1) is 5.54 Å². The number of nitrogens with zero attached hydrogens (tertiary/aromatic N) is 2. The summed E-state index contributed by atoms with van der Waals surface area (Å²) in [5.74, 6) is 0.227. The van der Waals surface area contributed by atoms with E-state index in [1.54, 1.807) is 0 Å². The van der Waals surface area contributed by atoms with Gasteiger partial charge in [-0.05, 0) is 47.8 Å². The first-order valence-electron chi connectivity index (χ1n) is 6.05. The fraction of sp³-hybridized carbons (Fsp3) is 0.917. The molecule has 1 aliphatic heterocycles. The standard InChI is InChI=1S/C12H25N3O/c1-10-9-13-12(2,3)11(16)15(10)8-6-7-14(4)5/h10,13H,6-9H2,1-5H3. The Morgan fingerprint density at radius 2 is 2.12 bits per heavy atom. The SMILES string of the molecule is CC1CNC(C)(C)C(=O)N1CCCN(C)C. The van der Waals surface area contributed by atoms with E-state index < -0.39 is 5.54 Å². The Morgan fingerprint density at radius 3 is 2.69 bits per heavy atom. The van der Waals surface area contributed by atoms with Crippen LogP contribution in [0.5, 0.6) is 0 Å². The highest BCUT2D eigenvalue weighted by Crippen LogP contribution is 2.16. The van der Waals surface area contributed by atoms with E-state index in [1.165, 1.54) is 0 Å². The van der Waals surface area contributed by atoms with Crippen LogP contribution in [0.3, 0.4) is 0 Å². The van der Waals surface area contributed by atoms with E-state index in [9.17, 15) is 4.79 Å². The smallest absolute Gasteiger partial charge is 0.242 e. The quantitative estimate of drug-likeness (QED) is 0.761. The van der Waals surface area contributed by atoms with Gasteiger partial charge in [0.25, 0.3) is 0 Å². The van der Waals surface area contributed by atoms with Crippen LogP contribution < -0.4 is 5.32 Å². The van der Waals surface area contributed by atoms with E-state index in [2.05, 4.69) is 31.2 Å². The van der Waals surface area contributed by atoms with Crippen LogP contribution in [0.1, 0.15) is 27.2 Å². The predicted octanol–water partition coefficient (Wildman–Crippen LogP) is 0.537. The van der Waals surface area contributed by atoms with Crippen LogP contribution in [0.25, 0.3) is 0 Å². The zero-order chi connectivity index (χ0) is 12.3. The zero-order valence-corrected chi connectivity index (χ0v) is 11.2. The lowest BCUT2D eigenvalue weighted by Crippen LogP contribution is -2.64. The van der Waals surface area contributed by atoms with Crippen molar-refractivity contribution in [1.82, 2.24) is 15.1 Å². The van der Waals surface area contributed by atoms with E-state index in [4.69, 9.17) is 0 Å². The molecule has 1 atom stereocenters. The van der Waals surface area contributed by atoms with E-state index in [0.29, 0.717) is 6.04 Å². The number of hydrogen-bond acceptors (Lipinski definition) is 3. The molecule has 0 aromatic heterocycles. The van der Waals surface area contributed by atoms with Crippen molar-refractivity contribution in [3.05, 3.63) is 0 Å². The fourth-order valence-corrected chi connectivity index (χ4v) is 2.03. The Balaban J connectivity index is 2.52. The van der Waals surface area contributed by atoms with Gasteiger partial charge in [-0.2, -0.15) is 0 Å². The van der Waals surface area contributed by atoms with E-state index >= 15 is 0 Å². The highest BCUT2D eigenvalue weighted by molar-refractivity contribution is 5.86. The summed E-state index contributed by atoms with van der Waals surface area (Å²) < 4.78 is 0. The van der Waals surface area contributed by atoms with Gasteiger partial charge in [0.15, 0.2) is 0 Å². The number of nitrogens with one attached hydrogen (secondary N) is 1. The van der Waals surface area contributed by atoms with Gasteiger partial charge in [0.1, 0.15) is 0 Å². The number of amides is 1. The second-order valence-electron chi connectivity index (χ2n) is 5.51. The van der Waals surface area contributed by atoms with Gasteiger partial charge in [0.2, 0.25) is 5.91 Å². The maximum absolute atomic E-state index is 12.2. The summed E-state index contributed by atoms with van der Waals surface area (Å²) in [6.07, 6.45) is 1.04. The molecule has 0 aromatic carbocycles. The molecule has 4 heteroatoms. The topological polar surface area (TPSA) is 35.6 Å². The molecule has 0 bridgehead atoms. The first-order chi connectivity index (χ1) is 7.34. The number of hydrogen-bond donors (Lipinski definition) is 1. The summed E-state index contributed by atoms with van der Waals surface area (Å²) >= 11 is 0. The van der Waals surface area contributed by atoms with Crippen molar-refractivity contribution in [3.8, 4) is 0 Å². The second kappa shape index (κ2) is 5.15. The third-order valence-corrected chi connectivity index (χ3v) is 3.17. The summed E-state index contributed by atoms with van der Waals surface area (Å²) in [7, 11) is 4.12. The number of carbonyl (C=O) groups is 1. The molecule has 1 saturated heterocycles. The maximum atomic E-state index is 12.2. The van der Waals surface area contributed by atoms with Crippen molar-refractivity contribution in [1.29, 1.82) is 0 Å². The van der Waals surface area contributed by atoms with Crippen molar-refractivity contribution < 1.29 is 4.79 Å². The monoisotopic (exact) mass is 227 g/mol. The molecule has 1 rings (SSSR count). The van der Waals surface area contributed by atoms with Gasteiger partial charge in [-0.3, -0.25) is 4.79 Å². The minimum absolute atomic E-state index is 0.227. The number of piperazine rings is 1. The van der Waals surface area contributed by atoms with Crippen LogP contribution >= 0.6 is 0 Å². The van der Waals surface area contributed by atoms with Crippen molar-refractivity contribution in [2.45, 2.75) is 38.8 Å². The normalized spacial score (nSPS) is 25.2. The van der Waals surface area contributed by atoms with Crippen molar-refractivity contribution in [2.24, 2.45) is 0 Å². The summed E-state index contributed by atoms with van der Waals surface area (Å²) in [4.78, 5) is 16.4. The lowest BCUT2D eigenvalue weighted by Gasteiger charge is -2.42. The van der Waals surface area contributed by atoms with Gasteiger partial charge >= 0.3 is 0 Å². The van der Waals surface area contributed by atoms with Crippen LogP contribution in [-0.2, 0) is 4.79 Å². The maximum Gasteiger partial charge on any atom is 0.242 e. The molecule has 0 aromatic rings. The molecular weight excluding hydrogens is 202 g/mol. The van der Waals surface area contributed by atoms with Crippen LogP contribution in [0.4, 0.5) is 0 Å². The average Bonchev–Trinajstić information content (AvgIpc) is 2.18. The minimum atomic E-state index is -0.398. The molecule has 0 radical (unpaired) electrons. The van der Waals surface area contributed by atoms with Crippen LogP contribution in [0.15, 0.2) is 0 Å². The zero-order valence-electron chi connectivity index (χ0n) is 11.2. The molecule has 94 valence electrons. The largest absolute Gasteiger partial charge is 0.337 e. The molecule has 1 fully saturated rings. The summed E-state index contributed by atoms with van der Waals surface area (Å²) in [6, 6.07) is 0.308. The molecule has 1 unspecified atom stereocenters. The van der Waals surface area contributed by atoms with Crippen LogP contribution in [0.2, 0.25) is 0 Å². The molecule has 1 amide bonds. The molecule has 0 spiro atoms. The Morgan fingerprint density at radius 1 is 1.50 bits per heavy atom. The predicted molar refractivity (Wildman–Crippen MR) is 66.4 cm³/mol. The van der Waals surface area contributed by atoms with Crippen LogP contribution in [0, 0.1) is 0 Å². The van der Waals surface area contributed by atoms with E-state index in [1.807, 2.05) is 18.7 Å². The van der Waals surface area contributed by atoms with Crippen molar-refractivity contribution in [2.75, 3.05) is 33.7 Å². The lowest BCUT2D eigenvalue weighted by molar-refractivity contribution is -0.142. The second-order valence-corrected chi connectivity index (χ2v) is 5.51. The molecule has 16 heavy (non-hydrogen) atoms. The summed E-state index contributed by atoms with van der Waals surface area (Å²) in [5, 5.41) is 3.29. The third-order valence-electron chi connectivity index (χ3n) is 3.17. The van der Waals surface area contributed by atoms with Gasteiger partial charge in [-0.25, -0.2) is 0 Å². The number of carbonyl (C=O) groups excluding carboxylic acids is 1. The molecule has 4 nitrogen and oxygen atoms in total. The molecule has 0 aliphatic carbocycles. The van der Waals surface area contributed by atoms with E-state index in [-0.39, 0.29) is 5.91 Å². The highest BCUT2D eigenvalue weighted by atomic mass is 16.2. The lowest BCUT2D eigenvalue weighted by atomic mass is 9.98. The fourth-order valence-electron chi connectivity index (χ4n) is 2.03. The summed E-state index contributed by atoms with van der Waals surface area (Å²) in [5.41, 5.74) is -0.398. The van der Waals surface area contributed by atoms with E-state index in [0.717, 1.165) is 26.1 Å².